The monoisotopic (exact) mass is 560 g/mol. The van der Waals surface area contributed by atoms with E-state index in [0.29, 0.717) is 11.8 Å². The van der Waals surface area contributed by atoms with Gasteiger partial charge in [-0.3, -0.25) is 9.59 Å². The van der Waals surface area contributed by atoms with Crippen LogP contribution in [0, 0.1) is 45.3 Å². The minimum atomic E-state index is -0.872. The zero-order valence-corrected chi connectivity index (χ0v) is 26.9. The molecule has 11 atom stereocenters. The van der Waals surface area contributed by atoms with Crippen LogP contribution in [0.25, 0.3) is 0 Å². The summed E-state index contributed by atoms with van der Waals surface area (Å²) >= 11 is 0. The van der Waals surface area contributed by atoms with E-state index in [-0.39, 0.29) is 69.3 Å². The zero-order chi connectivity index (χ0) is 29.7. The van der Waals surface area contributed by atoms with Gasteiger partial charge < -0.3 is 19.3 Å². The van der Waals surface area contributed by atoms with Crippen molar-refractivity contribution < 1.29 is 28.9 Å². The largest absolute Gasteiger partial charge is 0.462 e. The lowest BCUT2D eigenvalue weighted by Gasteiger charge is -2.70. The van der Waals surface area contributed by atoms with Crippen molar-refractivity contribution in [2.45, 2.75) is 157 Å². The molecule has 5 aliphatic rings. The third-order valence-corrected chi connectivity index (χ3v) is 13.8. The molecule has 40 heavy (non-hydrogen) atoms. The lowest BCUT2D eigenvalue weighted by atomic mass is 9.35. The third-order valence-electron chi connectivity index (χ3n) is 13.8. The fourth-order valence-corrected chi connectivity index (χ4v) is 11.8. The molecule has 0 aromatic carbocycles. The number of hydrogen-bond donors (Lipinski definition) is 1. The molecule has 1 aliphatic heterocycles. The van der Waals surface area contributed by atoms with Crippen LogP contribution in [-0.4, -0.2) is 46.6 Å². The molecule has 1 N–H and O–H groups in total. The molecule has 1 heterocycles. The Morgan fingerprint density at radius 1 is 0.800 bits per heavy atom. The molecule has 6 heteroatoms. The molecule has 5 fully saturated rings. The predicted octanol–water partition coefficient (Wildman–Crippen LogP) is 6.85. The Hall–Kier alpha value is -1.14. The molecule has 228 valence electrons. The first-order chi connectivity index (χ1) is 18.3. The van der Waals surface area contributed by atoms with Crippen LogP contribution in [-0.2, 0) is 23.8 Å². The Labute approximate surface area is 242 Å². The number of rotatable bonds is 4. The van der Waals surface area contributed by atoms with Gasteiger partial charge in [-0.2, -0.15) is 0 Å². The van der Waals surface area contributed by atoms with E-state index < -0.39 is 5.60 Å². The van der Waals surface area contributed by atoms with Gasteiger partial charge >= 0.3 is 11.9 Å². The van der Waals surface area contributed by atoms with E-state index in [9.17, 15) is 14.7 Å². The van der Waals surface area contributed by atoms with Gasteiger partial charge in [-0.1, -0.05) is 34.6 Å². The molecule has 4 saturated carbocycles. The van der Waals surface area contributed by atoms with E-state index in [1.165, 1.54) is 6.92 Å². The normalized spacial score (nSPS) is 49.9. The lowest BCUT2D eigenvalue weighted by Crippen LogP contribution is -2.67. The first-order valence-electron chi connectivity index (χ1n) is 16.0. The summed E-state index contributed by atoms with van der Waals surface area (Å²) in [5, 5.41) is 10.8. The number of hydrogen-bond acceptors (Lipinski definition) is 6. The summed E-state index contributed by atoms with van der Waals surface area (Å²) in [6.07, 6.45) is 8.68. The van der Waals surface area contributed by atoms with Crippen LogP contribution < -0.4 is 0 Å². The van der Waals surface area contributed by atoms with Crippen LogP contribution in [0.5, 0.6) is 0 Å². The van der Waals surface area contributed by atoms with E-state index in [1.54, 1.807) is 6.92 Å². The number of ether oxygens (including phenoxy) is 3. The number of carbonyl (C=O) groups excluding carboxylic acids is 2. The molecule has 0 amide bonds. The van der Waals surface area contributed by atoms with Crippen molar-refractivity contribution in [2.75, 3.05) is 0 Å². The molecule has 0 aromatic heterocycles. The Balaban J connectivity index is 1.52. The molecular weight excluding hydrogens is 504 g/mol. The Morgan fingerprint density at radius 3 is 2.00 bits per heavy atom. The summed E-state index contributed by atoms with van der Waals surface area (Å²) in [7, 11) is 0. The van der Waals surface area contributed by atoms with Crippen molar-refractivity contribution in [3.8, 4) is 0 Å². The first kappa shape index (κ1) is 30.3. The standard InChI is InChI=1S/C34H56O6/c1-20(35)38-23-19-25-31(7)15-13-26(39-21(2)36)29(3,4)24(31)12-17-32(25,8)33(9)16-11-22(28(23)33)34(10)18-14-27(40-34)30(5,6)37/h22-28,37H,11-19H2,1-10H3/t22-,23+,24+,25-,26+,27+,28+,31-,32+,33+,34-/m0/s1. The van der Waals surface area contributed by atoms with Gasteiger partial charge in [0.2, 0.25) is 0 Å². The highest BCUT2D eigenvalue weighted by molar-refractivity contribution is 5.66. The molecule has 0 radical (unpaired) electrons. The molecule has 0 spiro atoms. The fourth-order valence-electron chi connectivity index (χ4n) is 11.8. The SMILES string of the molecule is CC(=O)O[C@@H]1C[C@H]2[C@@]3(C)CC[C@@H](OC(C)=O)C(C)(C)[C@H]3CC[C@@]2(C)[C@]2(C)CC[C@H]([C@]3(C)CC[C@H](C(C)(C)O)O3)[C@H]12. The van der Waals surface area contributed by atoms with Gasteiger partial charge in [-0.25, -0.2) is 0 Å². The molecule has 6 nitrogen and oxygen atoms in total. The maximum absolute atomic E-state index is 12.6. The van der Waals surface area contributed by atoms with Crippen LogP contribution in [0.2, 0.25) is 0 Å². The van der Waals surface area contributed by atoms with Gasteiger partial charge in [0.05, 0.1) is 17.3 Å². The second-order valence-corrected chi connectivity index (χ2v) is 16.6. The Bertz CT molecular complexity index is 1030. The molecule has 4 aliphatic carbocycles. The van der Waals surface area contributed by atoms with Gasteiger partial charge in [0.15, 0.2) is 0 Å². The van der Waals surface area contributed by atoms with E-state index >= 15 is 0 Å². The number of fused-ring (bicyclic) bond motifs is 5. The van der Waals surface area contributed by atoms with E-state index in [1.807, 2.05) is 13.8 Å². The van der Waals surface area contributed by atoms with Gasteiger partial charge in [-0.15, -0.1) is 0 Å². The average molecular weight is 561 g/mol. The second kappa shape index (κ2) is 9.43. The Kier molecular flexibility index (Phi) is 7.15. The fraction of sp³-hybridized carbons (Fsp3) is 0.941. The first-order valence-corrected chi connectivity index (χ1v) is 16.0. The summed E-state index contributed by atoms with van der Waals surface area (Å²) in [6, 6.07) is 0. The highest BCUT2D eigenvalue weighted by Gasteiger charge is 2.72. The summed E-state index contributed by atoms with van der Waals surface area (Å²) in [6.45, 7) is 21.2. The molecular formula is C34H56O6. The summed E-state index contributed by atoms with van der Waals surface area (Å²) < 4.78 is 19.0. The van der Waals surface area contributed by atoms with Crippen molar-refractivity contribution in [3.63, 3.8) is 0 Å². The summed E-state index contributed by atoms with van der Waals surface area (Å²) in [5.41, 5.74) is -1.10. The number of aliphatic hydroxyl groups is 1. The van der Waals surface area contributed by atoms with Crippen molar-refractivity contribution in [1.29, 1.82) is 0 Å². The minimum absolute atomic E-state index is 0.0186. The molecule has 0 aromatic rings. The topological polar surface area (TPSA) is 82.1 Å². The smallest absolute Gasteiger partial charge is 0.302 e. The van der Waals surface area contributed by atoms with Gasteiger partial charge in [0, 0.05) is 25.2 Å². The van der Waals surface area contributed by atoms with Gasteiger partial charge in [-0.05, 0) is 113 Å². The van der Waals surface area contributed by atoms with E-state index in [0.717, 1.165) is 57.8 Å². The van der Waals surface area contributed by atoms with Crippen molar-refractivity contribution in [3.05, 3.63) is 0 Å². The third kappa shape index (κ3) is 4.31. The molecule has 5 rings (SSSR count). The second-order valence-electron chi connectivity index (χ2n) is 16.6. The maximum atomic E-state index is 12.6. The summed E-state index contributed by atoms with van der Waals surface area (Å²) in [5.74, 6) is 1.00. The lowest BCUT2D eigenvalue weighted by molar-refractivity contribution is -0.254. The van der Waals surface area contributed by atoms with Crippen molar-refractivity contribution >= 4 is 11.9 Å². The highest BCUT2D eigenvalue weighted by Crippen LogP contribution is 2.76. The van der Waals surface area contributed by atoms with Crippen molar-refractivity contribution in [1.82, 2.24) is 0 Å². The van der Waals surface area contributed by atoms with Crippen LogP contribution in [0.3, 0.4) is 0 Å². The molecule has 0 bridgehead atoms. The number of esters is 2. The minimum Gasteiger partial charge on any atom is -0.462 e. The Morgan fingerprint density at radius 2 is 1.43 bits per heavy atom. The molecule has 0 unspecified atom stereocenters. The van der Waals surface area contributed by atoms with Crippen LogP contribution in [0.1, 0.15) is 127 Å². The van der Waals surface area contributed by atoms with E-state index in [2.05, 4.69) is 41.5 Å². The highest BCUT2D eigenvalue weighted by atomic mass is 16.6. The van der Waals surface area contributed by atoms with Gasteiger partial charge in [0.1, 0.15) is 12.2 Å². The summed E-state index contributed by atoms with van der Waals surface area (Å²) in [4.78, 5) is 24.6. The van der Waals surface area contributed by atoms with Crippen LogP contribution in [0.15, 0.2) is 0 Å². The van der Waals surface area contributed by atoms with Crippen LogP contribution in [0.4, 0.5) is 0 Å². The number of carbonyl (C=O) groups is 2. The van der Waals surface area contributed by atoms with E-state index in [4.69, 9.17) is 14.2 Å². The van der Waals surface area contributed by atoms with Gasteiger partial charge in [0.25, 0.3) is 0 Å². The average Bonchev–Trinajstić information content (AvgIpc) is 3.39. The van der Waals surface area contributed by atoms with Crippen molar-refractivity contribution in [2.24, 2.45) is 45.3 Å². The zero-order valence-electron chi connectivity index (χ0n) is 26.9. The predicted molar refractivity (Wildman–Crippen MR) is 154 cm³/mol. The van der Waals surface area contributed by atoms with Crippen LogP contribution >= 0.6 is 0 Å². The quantitative estimate of drug-likeness (QED) is 0.379. The maximum Gasteiger partial charge on any atom is 0.302 e. The molecule has 1 saturated heterocycles.